The second-order valence-corrected chi connectivity index (χ2v) is 31.3. The van der Waals surface area contributed by atoms with Crippen LogP contribution < -0.4 is 0 Å². The first kappa shape index (κ1) is 57.5. The quantitative estimate of drug-likeness (QED) is 0.166. The number of fused-ring (bicyclic) bond motifs is 29. The minimum atomic E-state index is 0.645. The zero-order valence-corrected chi connectivity index (χ0v) is 59.0. The molecule has 0 N–H and O–H groups in total. The summed E-state index contributed by atoms with van der Waals surface area (Å²) >= 11 is 3.54. The first-order chi connectivity index (χ1) is 53.5. The van der Waals surface area contributed by atoms with Gasteiger partial charge in [0.05, 0.1) is 87.0 Å². The van der Waals surface area contributed by atoms with E-state index in [1.54, 1.807) is 22.7 Å². The molecule has 0 atom stereocenters. The molecule has 26 aromatic rings. The molecule has 8 nitrogen and oxygen atoms in total. The Morgan fingerprint density at radius 3 is 1.18 bits per heavy atom. The van der Waals surface area contributed by atoms with Crippen LogP contribution in [0.25, 0.3) is 249 Å². The molecule has 496 valence electrons. The average Bonchev–Trinajstić information content (AvgIpc) is 1.52. The van der Waals surface area contributed by atoms with Crippen molar-refractivity contribution in [3.63, 3.8) is 0 Å². The van der Waals surface area contributed by atoms with E-state index in [2.05, 4.69) is 333 Å². The minimum Gasteiger partial charge on any atom is -0.308 e. The highest BCUT2D eigenvalue weighted by Crippen LogP contribution is 2.52. The van der Waals surface area contributed by atoms with Crippen molar-refractivity contribution < 1.29 is 0 Å². The van der Waals surface area contributed by atoms with Crippen LogP contribution in [0, 0.1) is 0 Å². The van der Waals surface area contributed by atoms with Crippen LogP contribution >= 0.6 is 22.7 Å². The molecule has 0 unspecified atom stereocenters. The Bertz CT molecular complexity index is 8520. The normalized spacial score (nSPS) is 12.6. The number of benzene rings is 16. The third-order valence-corrected chi connectivity index (χ3v) is 25.9. The van der Waals surface area contributed by atoms with Gasteiger partial charge in [-0.15, -0.1) is 22.7 Å². The van der Waals surface area contributed by atoms with E-state index in [4.69, 9.17) is 19.9 Å². The lowest BCUT2D eigenvalue weighted by molar-refractivity contribution is 1.02. The van der Waals surface area contributed by atoms with E-state index in [0.29, 0.717) is 11.9 Å². The van der Waals surface area contributed by atoms with Gasteiger partial charge in [0.15, 0.2) is 0 Å². The largest absolute Gasteiger partial charge is 0.308 e. The van der Waals surface area contributed by atoms with Crippen molar-refractivity contribution in [3.05, 3.63) is 315 Å². The second kappa shape index (κ2) is 21.0. The number of thiophene rings is 2. The molecule has 108 heavy (non-hydrogen) atoms. The molecule has 0 aliphatic rings. The van der Waals surface area contributed by atoms with E-state index >= 15 is 0 Å². The van der Waals surface area contributed by atoms with Gasteiger partial charge in [-0.25, -0.2) is 19.9 Å². The molecule has 10 aromatic heterocycles. The zero-order valence-electron chi connectivity index (χ0n) is 57.4. The van der Waals surface area contributed by atoms with Crippen LogP contribution in [0.15, 0.2) is 315 Å². The van der Waals surface area contributed by atoms with Gasteiger partial charge in [-0.05, 0) is 146 Å². The van der Waals surface area contributed by atoms with Crippen molar-refractivity contribution in [3.8, 4) is 56.7 Å². The van der Waals surface area contributed by atoms with Crippen LogP contribution in [0.5, 0.6) is 0 Å². The maximum Gasteiger partial charge on any atom is 0.235 e. The van der Waals surface area contributed by atoms with Crippen molar-refractivity contribution in [1.29, 1.82) is 0 Å². The van der Waals surface area contributed by atoms with Crippen LogP contribution in [-0.4, -0.2) is 37.9 Å². The highest BCUT2D eigenvalue weighted by Gasteiger charge is 2.30. The van der Waals surface area contributed by atoms with Gasteiger partial charge in [0.1, 0.15) is 0 Å². The molecule has 0 aliphatic carbocycles. The topological polar surface area (TPSA) is 70.2 Å². The van der Waals surface area contributed by atoms with Crippen molar-refractivity contribution >= 4 is 215 Å². The van der Waals surface area contributed by atoms with E-state index in [-0.39, 0.29) is 0 Å². The number of hydrogen-bond acceptors (Lipinski definition) is 6. The number of hydrogen-bond donors (Lipinski definition) is 0. The van der Waals surface area contributed by atoms with Gasteiger partial charge >= 0.3 is 0 Å². The van der Waals surface area contributed by atoms with Gasteiger partial charge in [-0.3, -0.25) is 9.13 Å². The predicted octanol–water partition coefficient (Wildman–Crippen LogP) is 26.6. The smallest absolute Gasteiger partial charge is 0.235 e. The summed E-state index contributed by atoms with van der Waals surface area (Å²) in [6, 6.07) is 117. The van der Waals surface area contributed by atoms with E-state index in [9.17, 15) is 0 Å². The first-order valence-electron chi connectivity index (χ1n) is 36.7. The number of rotatable bonds is 6. The van der Waals surface area contributed by atoms with Crippen molar-refractivity contribution in [2.24, 2.45) is 0 Å². The third kappa shape index (κ3) is 7.65. The van der Waals surface area contributed by atoms with Crippen molar-refractivity contribution in [2.75, 3.05) is 0 Å². The van der Waals surface area contributed by atoms with Gasteiger partial charge in [-0.2, -0.15) is 0 Å². The van der Waals surface area contributed by atoms with Gasteiger partial charge < -0.3 is 8.80 Å². The van der Waals surface area contributed by atoms with E-state index in [1.165, 1.54) is 129 Å². The summed E-state index contributed by atoms with van der Waals surface area (Å²) in [7, 11) is 0. The Hall–Kier alpha value is -13.9. The molecule has 0 aliphatic heterocycles. The Morgan fingerprint density at radius 2 is 0.611 bits per heavy atom. The summed E-state index contributed by atoms with van der Waals surface area (Å²) in [5.74, 6) is 1.29. The van der Waals surface area contributed by atoms with Gasteiger partial charge in [0.25, 0.3) is 0 Å². The fourth-order valence-electron chi connectivity index (χ4n) is 18.8. The van der Waals surface area contributed by atoms with Crippen LogP contribution in [0.2, 0.25) is 0 Å². The Morgan fingerprint density at radius 1 is 0.213 bits per heavy atom. The molecular formula is C98H52N8S2. The monoisotopic (exact) mass is 1400 g/mol. The van der Waals surface area contributed by atoms with Gasteiger partial charge in [0.2, 0.25) is 11.9 Å². The zero-order chi connectivity index (χ0) is 69.9. The molecule has 10 heterocycles. The van der Waals surface area contributed by atoms with Crippen LogP contribution in [0.1, 0.15) is 0 Å². The predicted molar refractivity (Wildman–Crippen MR) is 456 cm³/mol. The lowest BCUT2D eigenvalue weighted by Crippen LogP contribution is -2.03. The lowest BCUT2D eigenvalue weighted by atomic mass is 9.96. The van der Waals surface area contributed by atoms with Crippen molar-refractivity contribution in [2.45, 2.75) is 0 Å². The highest BCUT2D eigenvalue weighted by atomic mass is 32.1. The first-order valence-corrected chi connectivity index (χ1v) is 38.4. The minimum absolute atomic E-state index is 0.645. The van der Waals surface area contributed by atoms with Crippen LogP contribution in [0.4, 0.5) is 0 Å². The van der Waals surface area contributed by atoms with Crippen molar-refractivity contribution in [1.82, 2.24) is 37.9 Å². The average molecular weight is 1410 g/mol. The van der Waals surface area contributed by atoms with Gasteiger partial charge in [-0.1, -0.05) is 224 Å². The molecule has 26 rings (SSSR count). The Labute approximate surface area is 621 Å². The molecule has 16 aromatic carbocycles. The van der Waals surface area contributed by atoms with Crippen LogP contribution in [0.3, 0.4) is 0 Å². The van der Waals surface area contributed by atoms with Gasteiger partial charge in [0, 0.05) is 95.9 Å². The molecule has 0 fully saturated rings. The number of nitrogens with zero attached hydrogens (tertiary/aromatic N) is 8. The molecule has 0 amide bonds. The van der Waals surface area contributed by atoms with E-state index in [1.807, 2.05) is 0 Å². The lowest BCUT2D eigenvalue weighted by Gasteiger charge is -2.12. The molecule has 0 saturated heterocycles. The standard InChI is InChI=1S/C98H52N8S2/c1-2-19-56-45-64(41-38-53(56)18-1)90-96-92(69-30-11-16-35-84(69)108-96)102-98(100-90)106-80-50-62-23-6-4-21-60(62)47-74(80)86-82(106)52-71-66-27-8-13-32-76(66)104-78-43-42-63(48-72(78)88(86)94(71)104)58-25-17-24-57(44-58)54-36-39-55(40-37-54)89-95-91(68-29-10-15-34-83(68)107-95)101-97(99-89)105-79-49-61-22-5-3-20-59(61)46-73(79)85-81(105)51-70-65-26-7-12-31-75(65)103-77-33-14-9-28-67(77)87(85)93(70)103/h1-52H. The number of para-hydroxylation sites is 3. The molecule has 0 spiro atoms. The van der Waals surface area contributed by atoms with Crippen LogP contribution in [-0.2, 0) is 0 Å². The summed E-state index contributed by atoms with van der Waals surface area (Å²) < 4.78 is 14.2. The Balaban J connectivity index is 0.655. The molecule has 0 radical (unpaired) electrons. The van der Waals surface area contributed by atoms with E-state index < -0.39 is 0 Å². The summed E-state index contributed by atoms with van der Waals surface area (Å²) in [5, 5.41) is 23.8. The molecular weight excluding hydrogens is 1350 g/mol. The second-order valence-electron chi connectivity index (χ2n) is 29.2. The summed E-state index contributed by atoms with van der Waals surface area (Å²) in [6.07, 6.45) is 0. The fourth-order valence-corrected chi connectivity index (χ4v) is 21.1. The maximum atomic E-state index is 5.81. The highest BCUT2D eigenvalue weighted by molar-refractivity contribution is 7.26. The maximum absolute atomic E-state index is 5.81. The summed E-state index contributed by atoms with van der Waals surface area (Å²) in [6.45, 7) is 0. The molecule has 0 bridgehead atoms. The fraction of sp³-hybridized carbons (Fsp3) is 0. The Kier molecular flexibility index (Phi) is 11.2. The third-order valence-electron chi connectivity index (χ3n) is 23.6. The molecule has 0 saturated carbocycles. The summed E-state index contributed by atoms with van der Waals surface area (Å²) in [4.78, 5) is 23.0. The summed E-state index contributed by atoms with van der Waals surface area (Å²) in [5.41, 5.74) is 21.9. The van der Waals surface area contributed by atoms with E-state index in [0.717, 1.165) is 109 Å². The molecule has 10 heteroatoms. The number of aromatic nitrogens is 8. The SMILES string of the molecule is c1cc(-c2ccc(-c3nc(-n4c5cc6ccccc6cc5c5c6c7ccccc7n7c8ccccc8c(cc54)c67)nc4c3sc3ccccc34)cc2)cc(-c2ccc3c(c2)c2c4c5cc6ccccc6cc5n(-c5nc(-c6ccc7ccccc7c6)c6sc7ccccc7c6n5)c4cc4c5ccccc5n3c42)c1.